The van der Waals surface area contributed by atoms with Gasteiger partial charge in [-0.05, 0) is 31.0 Å². The molecule has 136 valence electrons. The Kier molecular flexibility index (Phi) is 4.67. The number of aromatic nitrogens is 2. The lowest BCUT2D eigenvalue weighted by atomic mass is 9.92. The Bertz CT molecular complexity index is 940. The van der Waals surface area contributed by atoms with Crippen molar-refractivity contribution in [2.45, 2.75) is 43.5 Å². The normalized spacial score (nSPS) is 21.8. The van der Waals surface area contributed by atoms with E-state index in [0.29, 0.717) is 40.1 Å². The molecular weight excluding hydrogens is 352 g/mol. The van der Waals surface area contributed by atoms with Gasteiger partial charge in [-0.15, -0.1) is 0 Å². The van der Waals surface area contributed by atoms with Crippen LogP contribution in [0.1, 0.15) is 41.9 Å². The minimum atomic E-state index is -0.447. The van der Waals surface area contributed by atoms with Gasteiger partial charge >= 0.3 is 5.97 Å². The molecule has 8 heteroatoms. The predicted molar refractivity (Wildman–Crippen MR) is 102 cm³/mol. The number of aromatic amines is 1. The van der Waals surface area contributed by atoms with E-state index < -0.39 is 5.97 Å². The van der Waals surface area contributed by atoms with Crippen LogP contribution in [0, 0.1) is 0 Å². The number of H-pyrrole nitrogens is 1. The smallest absolute Gasteiger partial charge is 0.337 e. The molecule has 2 N–H and O–H groups in total. The first kappa shape index (κ1) is 17.1. The number of ether oxygens (including phenoxy) is 1. The fourth-order valence-electron chi connectivity index (χ4n) is 3.50. The molecule has 7 nitrogen and oxygen atoms in total. The Hall–Kier alpha value is -2.35. The number of esters is 1. The highest BCUT2D eigenvalue weighted by Gasteiger charge is 2.30. The molecule has 4 rings (SSSR count). The van der Waals surface area contributed by atoms with Crippen LogP contribution in [0.15, 0.2) is 28.0 Å². The van der Waals surface area contributed by atoms with Gasteiger partial charge in [0.15, 0.2) is 5.17 Å². The topological polar surface area (TPSA) is 96.4 Å². The van der Waals surface area contributed by atoms with Crippen LogP contribution in [-0.4, -0.2) is 40.3 Å². The summed E-state index contributed by atoms with van der Waals surface area (Å²) in [5.74, 6) is 0.629. The number of carbonyl (C=O) groups is 1. The number of carbonyl (C=O) groups excluding carboxylic acids is 1. The molecule has 0 radical (unpaired) electrons. The molecule has 1 aliphatic carbocycles. The third kappa shape index (κ3) is 3.33. The predicted octanol–water partition coefficient (Wildman–Crippen LogP) is 2.21. The highest BCUT2D eigenvalue weighted by molar-refractivity contribution is 8.13. The number of benzene rings is 1. The van der Waals surface area contributed by atoms with E-state index in [9.17, 15) is 9.59 Å². The van der Waals surface area contributed by atoms with Crippen molar-refractivity contribution in [3.05, 3.63) is 39.9 Å². The molecule has 1 saturated carbocycles. The Morgan fingerprint density at radius 1 is 1.35 bits per heavy atom. The molecule has 1 fully saturated rings. The highest BCUT2D eigenvalue weighted by Crippen LogP contribution is 2.27. The van der Waals surface area contributed by atoms with Gasteiger partial charge in [0.1, 0.15) is 5.82 Å². The summed E-state index contributed by atoms with van der Waals surface area (Å²) >= 11 is 1.55. The summed E-state index contributed by atoms with van der Waals surface area (Å²) < 4.78 is 4.73. The lowest BCUT2D eigenvalue weighted by Gasteiger charge is -2.23. The maximum Gasteiger partial charge on any atom is 0.337 e. The van der Waals surface area contributed by atoms with E-state index in [1.54, 1.807) is 30.0 Å². The van der Waals surface area contributed by atoms with Crippen LogP contribution >= 0.6 is 11.8 Å². The minimum absolute atomic E-state index is 0.211. The summed E-state index contributed by atoms with van der Waals surface area (Å²) in [5.41, 5.74) is 0.654. The summed E-state index contributed by atoms with van der Waals surface area (Å²) in [4.78, 5) is 36.0. The van der Waals surface area contributed by atoms with Crippen molar-refractivity contribution < 1.29 is 9.53 Å². The molecular formula is C18H20N4O3S. The number of hydrogen-bond acceptors (Lipinski definition) is 7. The summed E-state index contributed by atoms with van der Waals surface area (Å²) in [6, 6.07) is 5.59. The van der Waals surface area contributed by atoms with Gasteiger partial charge in [0.05, 0.1) is 41.4 Å². The highest BCUT2D eigenvalue weighted by atomic mass is 32.2. The quantitative estimate of drug-likeness (QED) is 0.802. The zero-order valence-electron chi connectivity index (χ0n) is 14.4. The lowest BCUT2D eigenvalue weighted by molar-refractivity contribution is 0.0601. The van der Waals surface area contributed by atoms with Crippen molar-refractivity contribution in [1.29, 1.82) is 0 Å². The SMILES string of the molecule is COC(=O)c1ccc2c(=O)[nH]c(CSC3=NC4CCCCC4N3)nc2c1. The second-order valence-electron chi connectivity index (χ2n) is 6.56. The van der Waals surface area contributed by atoms with E-state index >= 15 is 0 Å². The Balaban J connectivity index is 1.53. The van der Waals surface area contributed by atoms with Crippen LogP contribution in [0.5, 0.6) is 0 Å². The number of aliphatic imine (C=N–C) groups is 1. The van der Waals surface area contributed by atoms with E-state index in [0.717, 1.165) is 11.6 Å². The summed E-state index contributed by atoms with van der Waals surface area (Å²) in [5, 5.41) is 4.86. The average molecular weight is 372 g/mol. The van der Waals surface area contributed by atoms with Crippen LogP contribution in [0.4, 0.5) is 0 Å². The Morgan fingerprint density at radius 3 is 3.00 bits per heavy atom. The van der Waals surface area contributed by atoms with Crippen LogP contribution in [0.2, 0.25) is 0 Å². The van der Waals surface area contributed by atoms with Crippen LogP contribution in [0.3, 0.4) is 0 Å². The zero-order chi connectivity index (χ0) is 18.1. The van der Waals surface area contributed by atoms with Gasteiger partial charge in [-0.2, -0.15) is 0 Å². The zero-order valence-corrected chi connectivity index (χ0v) is 15.3. The fraction of sp³-hybridized carbons (Fsp3) is 0.444. The second kappa shape index (κ2) is 7.11. The van der Waals surface area contributed by atoms with Gasteiger partial charge in [0, 0.05) is 0 Å². The number of hydrogen-bond donors (Lipinski definition) is 2. The van der Waals surface area contributed by atoms with Crippen LogP contribution in [-0.2, 0) is 10.5 Å². The van der Waals surface area contributed by atoms with Crippen molar-refractivity contribution in [1.82, 2.24) is 15.3 Å². The third-order valence-electron chi connectivity index (χ3n) is 4.84. The van der Waals surface area contributed by atoms with Crippen LogP contribution in [0.25, 0.3) is 10.9 Å². The van der Waals surface area contributed by atoms with Gasteiger partial charge in [-0.25, -0.2) is 9.78 Å². The van der Waals surface area contributed by atoms with Gasteiger partial charge in [0.2, 0.25) is 0 Å². The van der Waals surface area contributed by atoms with Gasteiger partial charge in [-0.1, -0.05) is 24.6 Å². The number of nitrogens with one attached hydrogen (secondary N) is 2. The maximum absolute atomic E-state index is 12.3. The summed E-state index contributed by atoms with van der Waals surface area (Å²) in [6.45, 7) is 0. The fourth-order valence-corrected chi connectivity index (χ4v) is 4.35. The summed E-state index contributed by atoms with van der Waals surface area (Å²) in [6.07, 6.45) is 4.80. The molecule has 2 unspecified atom stereocenters. The van der Waals surface area contributed by atoms with Crippen molar-refractivity contribution in [2.24, 2.45) is 4.99 Å². The first-order valence-electron chi connectivity index (χ1n) is 8.72. The minimum Gasteiger partial charge on any atom is -0.465 e. The number of thioether (sulfide) groups is 1. The van der Waals surface area contributed by atoms with E-state index in [2.05, 4.69) is 15.3 Å². The molecule has 2 aliphatic rings. The maximum atomic E-state index is 12.3. The first-order valence-corrected chi connectivity index (χ1v) is 9.71. The molecule has 0 spiro atoms. The van der Waals surface area contributed by atoms with Gasteiger partial charge in [-0.3, -0.25) is 9.79 Å². The number of nitrogens with zero attached hydrogens (tertiary/aromatic N) is 2. The molecule has 2 heterocycles. The monoisotopic (exact) mass is 372 g/mol. The van der Waals surface area contributed by atoms with E-state index in [1.165, 1.54) is 26.4 Å². The molecule has 2 aromatic rings. The molecule has 0 bridgehead atoms. The largest absolute Gasteiger partial charge is 0.465 e. The second-order valence-corrected chi connectivity index (χ2v) is 7.53. The van der Waals surface area contributed by atoms with Gasteiger partial charge in [0.25, 0.3) is 5.56 Å². The molecule has 26 heavy (non-hydrogen) atoms. The number of rotatable bonds is 3. The van der Waals surface area contributed by atoms with Crippen molar-refractivity contribution >= 4 is 33.8 Å². The molecule has 1 aromatic heterocycles. The third-order valence-corrected chi connectivity index (χ3v) is 5.76. The van der Waals surface area contributed by atoms with Crippen LogP contribution < -0.4 is 10.9 Å². The Labute approximate surface area is 154 Å². The van der Waals surface area contributed by atoms with Crippen molar-refractivity contribution in [2.75, 3.05) is 7.11 Å². The van der Waals surface area contributed by atoms with E-state index in [4.69, 9.17) is 9.73 Å². The molecule has 2 atom stereocenters. The first-order chi connectivity index (χ1) is 12.6. The van der Waals surface area contributed by atoms with Crippen molar-refractivity contribution in [3.63, 3.8) is 0 Å². The standard InChI is InChI=1S/C18H20N4O3S/c1-25-17(24)10-6-7-11-14(8-10)19-15(22-16(11)23)9-26-18-20-12-4-2-3-5-13(12)21-18/h6-8,12-13H,2-5,9H2,1H3,(H,20,21)(H,19,22,23). The number of fused-ring (bicyclic) bond motifs is 2. The average Bonchev–Trinajstić information content (AvgIpc) is 3.08. The molecule has 0 amide bonds. The number of amidine groups is 1. The number of methoxy groups -OCH3 is 1. The van der Waals surface area contributed by atoms with E-state index in [-0.39, 0.29) is 5.56 Å². The molecule has 1 aliphatic heterocycles. The van der Waals surface area contributed by atoms with Gasteiger partial charge < -0.3 is 15.0 Å². The molecule has 1 aromatic carbocycles. The summed E-state index contributed by atoms with van der Waals surface area (Å²) in [7, 11) is 1.33. The lowest BCUT2D eigenvalue weighted by Crippen LogP contribution is -2.36. The van der Waals surface area contributed by atoms with Crippen molar-refractivity contribution in [3.8, 4) is 0 Å². The Morgan fingerprint density at radius 2 is 2.19 bits per heavy atom. The van der Waals surface area contributed by atoms with E-state index in [1.807, 2.05) is 0 Å². The molecule has 0 saturated heterocycles.